The summed E-state index contributed by atoms with van der Waals surface area (Å²) in [4.78, 5) is 2.41. The summed E-state index contributed by atoms with van der Waals surface area (Å²) in [6.45, 7) is 2.34. The fourth-order valence-corrected chi connectivity index (χ4v) is 7.08. The van der Waals surface area contributed by atoms with Gasteiger partial charge in [-0.1, -0.05) is 6.07 Å². The Morgan fingerprint density at radius 2 is 2.06 bits per heavy atom. The molecule has 6 rings (SSSR count). The fourth-order valence-electron chi connectivity index (χ4n) is 4.97. The second-order valence-electron chi connectivity index (χ2n) is 8.41. The van der Waals surface area contributed by atoms with Gasteiger partial charge in [0.15, 0.2) is 0 Å². The summed E-state index contributed by atoms with van der Waals surface area (Å²) in [7, 11) is -1.47. The van der Waals surface area contributed by atoms with Crippen LogP contribution in [0.1, 0.15) is 24.5 Å². The zero-order valence-corrected chi connectivity index (χ0v) is 18.9. The molecule has 4 atom stereocenters. The number of nitrogens with one attached hydrogen (secondary N) is 1. The van der Waals surface area contributed by atoms with Crippen LogP contribution in [0, 0.1) is 11.7 Å². The smallest absolute Gasteiger partial charge is 0.250 e. The summed E-state index contributed by atoms with van der Waals surface area (Å²) in [5.41, 5.74) is 2.95. The Hall–Kier alpha value is -2.07. The Balaban J connectivity index is 1.29. The maximum absolute atomic E-state index is 13.3. The number of aromatic nitrogens is 2. The molecular formula is C22H25FN4O2S2. The van der Waals surface area contributed by atoms with Crippen LogP contribution in [0.2, 0.25) is 0 Å². The highest BCUT2D eigenvalue weighted by molar-refractivity contribution is 7.91. The van der Waals surface area contributed by atoms with Crippen molar-refractivity contribution in [3.8, 4) is 11.3 Å². The Morgan fingerprint density at radius 1 is 1.26 bits per heavy atom. The Bertz CT molecular complexity index is 1160. The molecule has 3 aliphatic heterocycles. The van der Waals surface area contributed by atoms with E-state index in [2.05, 4.69) is 20.8 Å². The van der Waals surface area contributed by atoms with E-state index >= 15 is 0 Å². The van der Waals surface area contributed by atoms with Gasteiger partial charge in [0, 0.05) is 43.4 Å². The van der Waals surface area contributed by atoms with Crippen molar-refractivity contribution in [2.75, 3.05) is 19.6 Å². The summed E-state index contributed by atoms with van der Waals surface area (Å²) in [6.07, 6.45) is 2.07. The predicted octanol–water partition coefficient (Wildman–Crippen LogP) is 3.44. The lowest BCUT2D eigenvalue weighted by Crippen LogP contribution is -2.56. The minimum Gasteiger partial charge on any atom is -0.298 e. The van der Waals surface area contributed by atoms with Crippen LogP contribution in [-0.4, -0.2) is 48.8 Å². The van der Waals surface area contributed by atoms with Gasteiger partial charge in [-0.25, -0.2) is 17.5 Å². The highest BCUT2D eigenvalue weighted by Crippen LogP contribution is 2.42. The second kappa shape index (κ2) is 8.12. The van der Waals surface area contributed by atoms with Gasteiger partial charge in [0.2, 0.25) is 10.0 Å². The third-order valence-corrected chi connectivity index (χ3v) is 9.40. The van der Waals surface area contributed by atoms with Crippen molar-refractivity contribution >= 4 is 21.4 Å². The Labute approximate surface area is 185 Å². The van der Waals surface area contributed by atoms with Gasteiger partial charge < -0.3 is 0 Å². The number of hydrogen-bond donors (Lipinski definition) is 1. The number of hydrogen-bond acceptors (Lipinski definition) is 5. The number of thiophene rings is 1. The molecule has 0 amide bonds. The summed E-state index contributed by atoms with van der Waals surface area (Å²) < 4.78 is 43.3. The van der Waals surface area contributed by atoms with Gasteiger partial charge in [-0.15, -0.1) is 11.3 Å². The lowest BCUT2D eigenvalue weighted by molar-refractivity contribution is 0.0306. The predicted molar refractivity (Wildman–Crippen MR) is 119 cm³/mol. The molecule has 31 heavy (non-hydrogen) atoms. The van der Waals surface area contributed by atoms with Crippen molar-refractivity contribution in [2.24, 2.45) is 13.0 Å². The Kier molecular flexibility index (Phi) is 5.45. The van der Waals surface area contributed by atoms with Crippen LogP contribution in [-0.2, 0) is 17.1 Å². The quantitative estimate of drug-likeness (QED) is 0.612. The van der Waals surface area contributed by atoms with Crippen LogP contribution in [0.15, 0.2) is 52.1 Å². The van der Waals surface area contributed by atoms with Gasteiger partial charge in [-0.05, 0) is 67.1 Å². The third kappa shape index (κ3) is 4.07. The van der Waals surface area contributed by atoms with Gasteiger partial charge in [0.1, 0.15) is 10.0 Å². The van der Waals surface area contributed by atoms with Crippen molar-refractivity contribution in [2.45, 2.75) is 29.0 Å². The molecule has 1 aromatic carbocycles. The zero-order valence-electron chi connectivity index (χ0n) is 17.2. The minimum atomic E-state index is -3.43. The summed E-state index contributed by atoms with van der Waals surface area (Å²) in [6, 6.07) is 12.2. The van der Waals surface area contributed by atoms with E-state index in [0.717, 1.165) is 37.2 Å². The van der Waals surface area contributed by atoms with E-state index in [1.807, 2.05) is 11.7 Å². The van der Waals surface area contributed by atoms with Gasteiger partial charge >= 0.3 is 0 Å². The molecule has 3 aromatic rings. The molecule has 164 valence electrons. The number of halogens is 1. The molecule has 2 aromatic heterocycles. The van der Waals surface area contributed by atoms with E-state index in [0.29, 0.717) is 22.6 Å². The number of fused-ring (bicyclic) bond motifs is 3. The number of piperidine rings is 3. The van der Waals surface area contributed by atoms with E-state index < -0.39 is 10.0 Å². The fraction of sp³-hybridized carbons (Fsp3) is 0.409. The molecule has 5 heterocycles. The average Bonchev–Trinajstić information content (AvgIpc) is 3.44. The number of sulfonamides is 1. The van der Waals surface area contributed by atoms with Crippen LogP contribution in [0.4, 0.5) is 4.39 Å². The number of benzene rings is 1. The Morgan fingerprint density at radius 3 is 2.74 bits per heavy atom. The number of nitrogens with zero attached hydrogens (tertiary/aromatic N) is 3. The van der Waals surface area contributed by atoms with Gasteiger partial charge in [-0.2, -0.15) is 5.10 Å². The molecule has 9 heteroatoms. The molecule has 0 saturated carbocycles. The van der Waals surface area contributed by atoms with Crippen LogP contribution in [0.25, 0.3) is 11.3 Å². The summed E-state index contributed by atoms with van der Waals surface area (Å²) >= 11 is 1.24. The first-order chi connectivity index (χ1) is 14.9. The molecule has 0 spiro atoms. The molecule has 0 radical (unpaired) electrons. The van der Waals surface area contributed by atoms with E-state index in [1.165, 1.54) is 29.2 Å². The van der Waals surface area contributed by atoms with Crippen molar-refractivity contribution in [1.29, 1.82) is 0 Å². The molecule has 3 saturated heterocycles. The van der Waals surface area contributed by atoms with E-state index in [9.17, 15) is 12.8 Å². The summed E-state index contributed by atoms with van der Waals surface area (Å²) in [5.74, 6) is 0.612. The summed E-state index contributed by atoms with van der Waals surface area (Å²) in [5, 5.41) is 6.45. The van der Waals surface area contributed by atoms with Gasteiger partial charge in [0.25, 0.3) is 0 Å². The van der Waals surface area contributed by atoms with Gasteiger partial charge in [0.05, 0.1) is 5.69 Å². The normalized spacial score (nSPS) is 25.7. The second-order valence-corrected chi connectivity index (χ2v) is 11.4. The lowest BCUT2D eigenvalue weighted by Gasteiger charge is -2.49. The monoisotopic (exact) mass is 460 g/mol. The van der Waals surface area contributed by atoms with Gasteiger partial charge in [-0.3, -0.25) is 9.58 Å². The zero-order chi connectivity index (χ0) is 21.6. The molecule has 1 N–H and O–H groups in total. The number of aryl methyl sites for hydroxylation is 1. The lowest BCUT2D eigenvalue weighted by atomic mass is 9.74. The SMILES string of the molecule is Cn1nc(-c2ccc(F)cc2)cc1[C@@H]1CN2CC[C@H]1C[C@@H]2CNS(=O)(=O)c1cccs1. The third-order valence-electron chi connectivity index (χ3n) is 6.58. The molecule has 3 aliphatic rings. The van der Waals surface area contributed by atoms with Crippen LogP contribution >= 0.6 is 11.3 Å². The van der Waals surface area contributed by atoms with E-state index in [1.54, 1.807) is 29.6 Å². The molecule has 0 aliphatic carbocycles. The van der Waals surface area contributed by atoms with Crippen molar-refractivity contribution in [1.82, 2.24) is 19.4 Å². The van der Waals surface area contributed by atoms with Crippen molar-refractivity contribution in [3.63, 3.8) is 0 Å². The first-order valence-electron chi connectivity index (χ1n) is 10.5. The van der Waals surface area contributed by atoms with Crippen LogP contribution in [0.5, 0.6) is 0 Å². The van der Waals surface area contributed by atoms with E-state index in [4.69, 9.17) is 0 Å². The molecule has 2 bridgehead atoms. The maximum atomic E-state index is 13.3. The first-order valence-corrected chi connectivity index (χ1v) is 12.8. The molecule has 3 fully saturated rings. The highest BCUT2D eigenvalue weighted by Gasteiger charge is 2.42. The topological polar surface area (TPSA) is 67.2 Å². The molecule has 6 nitrogen and oxygen atoms in total. The van der Waals surface area contributed by atoms with E-state index in [-0.39, 0.29) is 11.9 Å². The standard InChI is InChI=1S/C22H25FN4O2S2/c1-26-21(12-20(25-26)15-4-6-17(23)7-5-15)19-14-27-9-8-16(19)11-18(27)13-24-31(28,29)22-3-2-10-30-22/h2-7,10,12,16,18-19,24H,8-9,11,13-14H2,1H3/t16-,18+,19+/m0/s1. The molecular weight excluding hydrogens is 435 g/mol. The van der Waals surface area contributed by atoms with Crippen LogP contribution < -0.4 is 4.72 Å². The number of rotatable bonds is 6. The average molecular weight is 461 g/mol. The largest absolute Gasteiger partial charge is 0.298 e. The first kappa shape index (κ1) is 20.8. The molecule has 1 unspecified atom stereocenters. The maximum Gasteiger partial charge on any atom is 0.250 e. The van der Waals surface area contributed by atoms with Crippen molar-refractivity contribution < 1.29 is 12.8 Å². The van der Waals surface area contributed by atoms with Crippen LogP contribution in [0.3, 0.4) is 0 Å². The van der Waals surface area contributed by atoms with Crippen molar-refractivity contribution in [3.05, 3.63) is 59.4 Å². The minimum absolute atomic E-state index is 0.217. The highest BCUT2D eigenvalue weighted by atomic mass is 32.2.